The van der Waals surface area contributed by atoms with Crippen molar-refractivity contribution in [3.05, 3.63) is 28.3 Å². The van der Waals surface area contributed by atoms with Gasteiger partial charge in [-0.2, -0.15) is 0 Å². The molecule has 1 unspecified atom stereocenters. The van der Waals surface area contributed by atoms with Gasteiger partial charge in [-0.25, -0.2) is 17.9 Å². The lowest BCUT2D eigenvalue weighted by atomic mass is 9.99. The van der Waals surface area contributed by atoms with E-state index in [1.165, 1.54) is 41.5 Å². The lowest BCUT2D eigenvalue weighted by Crippen LogP contribution is -2.40. The number of aryl methyl sites for hydroxylation is 2. The number of piperidine rings is 1. The summed E-state index contributed by atoms with van der Waals surface area (Å²) in [6, 6.07) is 1.68. The van der Waals surface area contributed by atoms with Crippen molar-refractivity contribution in [3.8, 4) is 0 Å². The number of carbonyl (C=O) groups is 1. The fourth-order valence-electron chi connectivity index (χ4n) is 5.30. The van der Waals surface area contributed by atoms with E-state index in [4.69, 9.17) is 0 Å². The summed E-state index contributed by atoms with van der Waals surface area (Å²) in [4.78, 5) is 14.9. The van der Waals surface area contributed by atoms with E-state index in [9.17, 15) is 13.2 Å². The van der Waals surface area contributed by atoms with Crippen LogP contribution in [0.2, 0.25) is 0 Å². The highest BCUT2D eigenvalue weighted by Crippen LogP contribution is 2.38. The van der Waals surface area contributed by atoms with Gasteiger partial charge in [-0.3, -0.25) is 0 Å². The normalized spacial score (nSPS) is 20.2. The standard InChI is InChI=1S/C22H33N3O3S/c1-16(14-25-11-3-2-4-12-25)15-29(27,28)24-22(26)23-21-19-9-5-7-17(19)13-18-8-6-10-20(18)21/h13,16H,2-12,14-15H2,1H3,(H2,23,24,26). The smallest absolute Gasteiger partial charge is 0.307 e. The maximum atomic E-state index is 12.6. The number of hydrogen-bond donors (Lipinski definition) is 2. The first-order chi connectivity index (χ1) is 13.9. The molecule has 1 aliphatic heterocycles. The minimum absolute atomic E-state index is 0.0105. The van der Waals surface area contributed by atoms with Crippen LogP contribution in [-0.4, -0.2) is 44.7 Å². The fourth-order valence-corrected chi connectivity index (χ4v) is 6.57. The van der Waals surface area contributed by atoms with E-state index in [1.807, 2.05) is 6.92 Å². The minimum atomic E-state index is -3.67. The number of amides is 2. The van der Waals surface area contributed by atoms with Crippen molar-refractivity contribution in [2.75, 3.05) is 30.7 Å². The summed E-state index contributed by atoms with van der Waals surface area (Å²) in [5.41, 5.74) is 5.92. The number of urea groups is 1. The molecule has 1 aromatic rings. The Kier molecular flexibility index (Phi) is 6.16. The molecule has 0 spiro atoms. The van der Waals surface area contributed by atoms with Gasteiger partial charge in [-0.05, 0) is 92.6 Å². The second-order valence-corrected chi connectivity index (χ2v) is 10.8. The molecule has 0 saturated carbocycles. The fraction of sp³-hybridized carbons (Fsp3) is 0.682. The van der Waals surface area contributed by atoms with Crippen molar-refractivity contribution in [3.63, 3.8) is 0 Å². The van der Waals surface area contributed by atoms with Crippen LogP contribution in [0.15, 0.2) is 6.07 Å². The zero-order valence-electron chi connectivity index (χ0n) is 17.4. The Morgan fingerprint density at radius 1 is 1.00 bits per heavy atom. The number of anilines is 1. The highest BCUT2D eigenvalue weighted by Gasteiger charge is 2.26. The van der Waals surface area contributed by atoms with Crippen LogP contribution < -0.4 is 10.0 Å². The van der Waals surface area contributed by atoms with E-state index in [1.54, 1.807) is 0 Å². The number of hydrogen-bond acceptors (Lipinski definition) is 4. The summed E-state index contributed by atoms with van der Waals surface area (Å²) in [5, 5.41) is 2.91. The Balaban J connectivity index is 1.38. The number of sulfonamides is 1. The average Bonchev–Trinajstić information content (AvgIpc) is 3.30. The maximum Gasteiger partial charge on any atom is 0.332 e. The molecular formula is C22H33N3O3S. The number of nitrogens with one attached hydrogen (secondary N) is 2. The summed E-state index contributed by atoms with van der Waals surface area (Å²) >= 11 is 0. The highest BCUT2D eigenvalue weighted by atomic mass is 32.2. The average molecular weight is 420 g/mol. The predicted molar refractivity (Wildman–Crippen MR) is 116 cm³/mol. The third-order valence-corrected chi connectivity index (χ3v) is 7.99. The lowest BCUT2D eigenvalue weighted by Gasteiger charge is -2.28. The zero-order chi connectivity index (χ0) is 20.4. The van der Waals surface area contributed by atoms with Crippen LogP contribution in [0, 0.1) is 5.92 Å². The van der Waals surface area contributed by atoms with E-state index < -0.39 is 16.1 Å². The SMILES string of the molecule is CC(CN1CCCCC1)CS(=O)(=O)NC(=O)Nc1c2c(cc3c1CCC3)CCC2. The summed E-state index contributed by atoms with van der Waals surface area (Å²) in [5.74, 6) is -0.0364. The molecule has 1 saturated heterocycles. The number of rotatable bonds is 6. The first kappa shape index (κ1) is 20.7. The van der Waals surface area contributed by atoms with Gasteiger partial charge in [0.05, 0.1) is 5.75 Å². The van der Waals surface area contributed by atoms with Crippen LogP contribution in [-0.2, 0) is 35.7 Å². The summed E-state index contributed by atoms with van der Waals surface area (Å²) < 4.78 is 27.4. The molecule has 2 N–H and O–H groups in total. The molecule has 3 aliphatic rings. The molecule has 1 atom stereocenters. The second-order valence-electron chi connectivity index (χ2n) is 9.04. The van der Waals surface area contributed by atoms with Crippen molar-refractivity contribution >= 4 is 21.7 Å². The number of benzene rings is 1. The van der Waals surface area contributed by atoms with Crippen LogP contribution in [0.5, 0.6) is 0 Å². The monoisotopic (exact) mass is 419 g/mol. The first-order valence-corrected chi connectivity index (χ1v) is 12.8. The molecule has 0 aromatic heterocycles. The van der Waals surface area contributed by atoms with Crippen LogP contribution in [0.1, 0.15) is 61.3 Å². The Morgan fingerprint density at radius 2 is 1.62 bits per heavy atom. The van der Waals surface area contributed by atoms with Gasteiger partial charge >= 0.3 is 6.03 Å². The topological polar surface area (TPSA) is 78.5 Å². The molecule has 29 heavy (non-hydrogen) atoms. The van der Waals surface area contributed by atoms with Crippen LogP contribution >= 0.6 is 0 Å². The van der Waals surface area contributed by atoms with Crippen molar-refractivity contribution < 1.29 is 13.2 Å². The Hall–Kier alpha value is -1.60. The summed E-state index contributed by atoms with van der Waals surface area (Å²) in [6.45, 7) is 4.80. The van der Waals surface area contributed by atoms with Gasteiger partial charge in [0.15, 0.2) is 0 Å². The highest BCUT2D eigenvalue weighted by molar-refractivity contribution is 7.90. The molecule has 6 nitrogen and oxygen atoms in total. The van der Waals surface area contributed by atoms with E-state index in [2.05, 4.69) is 21.0 Å². The third kappa shape index (κ3) is 4.94. The van der Waals surface area contributed by atoms with Crippen LogP contribution in [0.3, 0.4) is 0 Å². The van der Waals surface area contributed by atoms with Gasteiger partial charge in [0.1, 0.15) is 0 Å². The number of carbonyl (C=O) groups excluding carboxylic acids is 1. The quantitative estimate of drug-likeness (QED) is 0.742. The summed E-state index contributed by atoms with van der Waals surface area (Å²) in [6.07, 6.45) is 9.84. The maximum absolute atomic E-state index is 12.6. The van der Waals surface area contributed by atoms with Crippen LogP contribution in [0.4, 0.5) is 10.5 Å². The second kappa shape index (κ2) is 8.64. The number of likely N-dealkylation sites (tertiary alicyclic amines) is 1. The van der Waals surface area contributed by atoms with E-state index in [0.717, 1.165) is 63.8 Å². The van der Waals surface area contributed by atoms with Gasteiger partial charge in [-0.15, -0.1) is 0 Å². The van der Waals surface area contributed by atoms with Gasteiger partial charge in [-0.1, -0.05) is 19.4 Å². The molecule has 4 rings (SSSR count). The Morgan fingerprint density at radius 3 is 2.24 bits per heavy atom. The predicted octanol–water partition coefficient (Wildman–Crippen LogP) is 3.24. The Labute approximate surface area is 174 Å². The van der Waals surface area contributed by atoms with E-state index >= 15 is 0 Å². The molecule has 0 bridgehead atoms. The number of fused-ring (bicyclic) bond motifs is 2. The minimum Gasteiger partial charge on any atom is -0.307 e. The van der Waals surface area contributed by atoms with Gasteiger partial charge < -0.3 is 10.2 Å². The molecule has 160 valence electrons. The molecule has 0 radical (unpaired) electrons. The Bertz CT molecular complexity index is 844. The largest absolute Gasteiger partial charge is 0.332 e. The van der Waals surface area contributed by atoms with Gasteiger partial charge in [0.25, 0.3) is 0 Å². The van der Waals surface area contributed by atoms with E-state index in [-0.39, 0.29) is 11.7 Å². The van der Waals surface area contributed by atoms with Gasteiger partial charge in [0, 0.05) is 12.2 Å². The van der Waals surface area contributed by atoms with Crippen molar-refractivity contribution in [1.82, 2.24) is 9.62 Å². The first-order valence-electron chi connectivity index (χ1n) is 11.1. The summed E-state index contributed by atoms with van der Waals surface area (Å²) in [7, 11) is -3.67. The third-order valence-electron chi connectivity index (χ3n) is 6.48. The van der Waals surface area contributed by atoms with Crippen LogP contribution in [0.25, 0.3) is 0 Å². The van der Waals surface area contributed by atoms with Crippen molar-refractivity contribution in [1.29, 1.82) is 0 Å². The molecule has 7 heteroatoms. The molecule has 2 amide bonds. The zero-order valence-corrected chi connectivity index (χ0v) is 18.2. The molecule has 2 aliphatic carbocycles. The van der Waals surface area contributed by atoms with Crippen molar-refractivity contribution in [2.45, 2.75) is 64.7 Å². The molecular weight excluding hydrogens is 386 g/mol. The molecule has 1 aromatic carbocycles. The number of nitrogens with zero attached hydrogens (tertiary/aromatic N) is 1. The molecule has 1 heterocycles. The van der Waals surface area contributed by atoms with Crippen molar-refractivity contribution in [2.24, 2.45) is 5.92 Å². The van der Waals surface area contributed by atoms with E-state index in [0.29, 0.717) is 0 Å². The molecule has 1 fully saturated rings. The van der Waals surface area contributed by atoms with Gasteiger partial charge in [0.2, 0.25) is 10.0 Å². The lowest BCUT2D eigenvalue weighted by molar-refractivity contribution is 0.206.